The van der Waals surface area contributed by atoms with Crippen LogP contribution in [0.4, 0.5) is 11.6 Å². The van der Waals surface area contributed by atoms with Gasteiger partial charge in [-0.3, -0.25) is 0 Å². The zero-order chi connectivity index (χ0) is 12.3. The predicted molar refractivity (Wildman–Crippen MR) is 68.4 cm³/mol. The van der Waals surface area contributed by atoms with Crippen LogP contribution in [0.3, 0.4) is 0 Å². The van der Waals surface area contributed by atoms with Crippen LogP contribution in [0.15, 0.2) is 6.33 Å². The van der Waals surface area contributed by atoms with E-state index in [4.69, 9.17) is 5.11 Å². The van der Waals surface area contributed by atoms with Crippen molar-refractivity contribution in [2.24, 2.45) is 0 Å². The smallest absolute Gasteiger partial charge is 0.137 e. The first-order valence-corrected chi connectivity index (χ1v) is 6.21. The van der Waals surface area contributed by atoms with Crippen molar-refractivity contribution in [1.29, 1.82) is 0 Å². The first-order chi connectivity index (χ1) is 8.27. The molecule has 1 aromatic rings. The molecule has 2 N–H and O–H groups in total. The van der Waals surface area contributed by atoms with Gasteiger partial charge in [0.2, 0.25) is 0 Å². The summed E-state index contributed by atoms with van der Waals surface area (Å²) in [7, 11) is 0. The molecule has 1 heterocycles. The third-order valence-corrected chi connectivity index (χ3v) is 3.00. The SMILES string of the molecule is CCNc1ncnc(N(CCO)C2CC2)c1C. The van der Waals surface area contributed by atoms with Crippen molar-refractivity contribution < 1.29 is 5.11 Å². The third-order valence-electron chi connectivity index (χ3n) is 3.00. The Labute approximate surface area is 102 Å². The fraction of sp³-hybridized carbons (Fsp3) is 0.667. The second-order valence-electron chi connectivity index (χ2n) is 4.35. The van der Waals surface area contributed by atoms with Gasteiger partial charge in [-0.25, -0.2) is 9.97 Å². The maximum Gasteiger partial charge on any atom is 0.137 e. The van der Waals surface area contributed by atoms with E-state index in [1.54, 1.807) is 6.33 Å². The number of hydrogen-bond acceptors (Lipinski definition) is 5. The first-order valence-electron chi connectivity index (χ1n) is 6.21. The quantitative estimate of drug-likeness (QED) is 0.776. The summed E-state index contributed by atoms with van der Waals surface area (Å²) in [6, 6.07) is 0.547. The van der Waals surface area contributed by atoms with E-state index in [0.717, 1.165) is 23.7 Å². The van der Waals surface area contributed by atoms with Gasteiger partial charge >= 0.3 is 0 Å². The van der Waals surface area contributed by atoms with Gasteiger partial charge in [-0.05, 0) is 26.7 Å². The standard InChI is InChI=1S/C12H20N4O/c1-3-13-11-9(2)12(15-8-14-11)16(6-7-17)10-4-5-10/h8,10,17H,3-7H2,1-2H3,(H,13,14,15). The summed E-state index contributed by atoms with van der Waals surface area (Å²) in [5.41, 5.74) is 1.06. The van der Waals surface area contributed by atoms with Crippen LogP contribution in [0.5, 0.6) is 0 Å². The molecule has 0 radical (unpaired) electrons. The highest BCUT2D eigenvalue weighted by Crippen LogP contribution is 2.33. The van der Waals surface area contributed by atoms with Gasteiger partial charge in [0, 0.05) is 24.7 Å². The highest BCUT2D eigenvalue weighted by atomic mass is 16.3. The minimum absolute atomic E-state index is 0.163. The fourth-order valence-corrected chi connectivity index (χ4v) is 2.03. The topological polar surface area (TPSA) is 61.3 Å². The fourth-order valence-electron chi connectivity index (χ4n) is 2.03. The Hall–Kier alpha value is -1.36. The summed E-state index contributed by atoms with van der Waals surface area (Å²) in [6.07, 6.45) is 3.98. The molecule has 0 aromatic carbocycles. The summed E-state index contributed by atoms with van der Waals surface area (Å²) >= 11 is 0. The molecular formula is C12H20N4O. The Morgan fingerprint density at radius 1 is 1.47 bits per heavy atom. The average Bonchev–Trinajstić information content (AvgIpc) is 3.14. The molecule has 17 heavy (non-hydrogen) atoms. The van der Waals surface area contributed by atoms with E-state index in [9.17, 15) is 0 Å². The Kier molecular flexibility index (Phi) is 3.78. The molecule has 1 fully saturated rings. The molecule has 0 amide bonds. The van der Waals surface area contributed by atoms with Crippen LogP contribution in [0, 0.1) is 6.92 Å². The molecule has 1 aromatic heterocycles. The van der Waals surface area contributed by atoms with Crippen LogP contribution in [0.1, 0.15) is 25.3 Å². The van der Waals surface area contributed by atoms with E-state index in [0.29, 0.717) is 12.6 Å². The number of aliphatic hydroxyl groups excluding tert-OH is 1. The van der Waals surface area contributed by atoms with E-state index < -0.39 is 0 Å². The maximum absolute atomic E-state index is 9.14. The maximum atomic E-state index is 9.14. The van der Waals surface area contributed by atoms with Crippen LogP contribution in [-0.4, -0.2) is 40.8 Å². The van der Waals surface area contributed by atoms with Gasteiger partial charge in [-0.2, -0.15) is 0 Å². The molecule has 0 bridgehead atoms. The van der Waals surface area contributed by atoms with Crippen molar-refractivity contribution >= 4 is 11.6 Å². The Morgan fingerprint density at radius 2 is 2.24 bits per heavy atom. The molecule has 0 spiro atoms. The molecule has 0 aliphatic heterocycles. The van der Waals surface area contributed by atoms with Crippen LogP contribution in [0.2, 0.25) is 0 Å². The predicted octanol–water partition coefficient (Wildman–Crippen LogP) is 1.18. The number of aliphatic hydroxyl groups is 1. The number of nitrogens with zero attached hydrogens (tertiary/aromatic N) is 3. The van der Waals surface area contributed by atoms with Gasteiger partial charge in [0.1, 0.15) is 18.0 Å². The minimum atomic E-state index is 0.163. The molecule has 5 heteroatoms. The van der Waals surface area contributed by atoms with Crippen molar-refractivity contribution in [2.45, 2.75) is 32.7 Å². The Bertz CT molecular complexity index is 379. The average molecular weight is 236 g/mol. The van der Waals surface area contributed by atoms with Crippen molar-refractivity contribution in [3.63, 3.8) is 0 Å². The van der Waals surface area contributed by atoms with Crippen LogP contribution >= 0.6 is 0 Å². The first kappa shape index (κ1) is 12.1. The summed E-state index contributed by atoms with van der Waals surface area (Å²) < 4.78 is 0. The van der Waals surface area contributed by atoms with Crippen LogP contribution in [0.25, 0.3) is 0 Å². The van der Waals surface area contributed by atoms with E-state index >= 15 is 0 Å². The van der Waals surface area contributed by atoms with Crippen LogP contribution < -0.4 is 10.2 Å². The summed E-state index contributed by atoms with van der Waals surface area (Å²) in [5.74, 6) is 1.84. The molecule has 2 rings (SSSR count). The Balaban J connectivity index is 2.25. The monoisotopic (exact) mass is 236 g/mol. The lowest BCUT2D eigenvalue weighted by molar-refractivity contribution is 0.301. The lowest BCUT2D eigenvalue weighted by Gasteiger charge is -2.24. The molecule has 0 saturated heterocycles. The van der Waals surface area contributed by atoms with E-state index in [2.05, 4.69) is 20.2 Å². The second-order valence-corrected chi connectivity index (χ2v) is 4.35. The summed E-state index contributed by atoms with van der Waals surface area (Å²) in [5, 5.41) is 12.4. The highest BCUT2D eigenvalue weighted by Gasteiger charge is 2.30. The zero-order valence-corrected chi connectivity index (χ0v) is 10.5. The number of aromatic nitrogens is 2. The van der Waals surface area contributed by atoms with Crippen LogP contribution in [-0.2, 0) is 0 Å². The van der Waals surface area contributed by atoms with E-state index in [-0.39, 0.29) is 6.61 Å². The molecule has 1 aliphatic rings. The van der Waals surface area contributed by atoms with Gasteiger partial charge in [0.05, 0.1) is 6.61 Å². The lowest BCUT2D eigenvalue weighted by Crippen LogP contribution is -2.30. The number of anilines is 2. The minimum Gasteiger partial charge on any atom is -0.395 e. The molecule has 5 nitrogen and oxygen atoms in total. The molecule has 0 atom stereocenters. The molecule has 0 unspecified atom stereocenters. The van der Waals surface area contributed by atoms with E-state index in [1.165, 1.54) is 12.8 Å². The normalized spacial score (nSPS) is 14.8. The van der Waals surface area contributed by atoms with Gasteiger partial charge in [-0.1, -0.05) is 0 Å². The molecular weight excluding hydrogens is 216 g/mol. The lowest BCUT2D eigenvalue weighted by atomic mass is 10.2. The van der Waals surface area contributed by atoms with Crippen molar-refractivity contribution in [1.82, 2.24) is 9.97 Å². The van der Waals surface area contributed by atoms with Gasteiger partial charge in [0.15, 0.2) is 0 Å². The number of rotatable bonds is 6. The zero-order valence-electron chi connectivity index (χ0n) is 10.5. The largest absolute Gasteiger partial charge is 0.395 e. The summed E-state index contributed by atoms with van der Waals surface area (Å²) in [4.78, 5) is 10.8. The summed E-state index contributed by atoms with van der Waals surface area (Å²) in [6.45, 7) is 5.74. The number of nitrogens with one attached hydrogen (secondary N) is 1. The highest BCUT2D eigenvalue weighted by molar-refractivity contribution is 5.58. The van der Waals surface area contributed by atoms with Crippen molar-refractivity contribution in [2.75, 3.05) is 29.9 Å². The van der Waals surface area contributed by atoms with Gasteiger partial charge in [-0.15, -0.1) is 0 Å². The van der Waals surface area contributed by atoms with Crippen molar-refractivity contribution in [3.05, 3.63) is 11.9 Å². The van der Waals surface area contributed by atoms with Crippen molar-refractivity contribution in [3.8, 4) is 0 Å². The molecule has 1 saturated carbocycles. The second kappa shape index (κ2) is 5.31. The molecule has 1 aliphatic carbocycles. The van der Waals surface area contributed by atoms with Gasteiger partial charge in [0.25, 0.3) is 0 Å². The Morgan fingerprint density at radius 3 is 2.82 bits per heavy atom. The third kappa shape index (κ3) is 2.66. The molecule has 94 valence electrons. The van der Waals surface area contributed by atoms with E-state index in [1.807, 2.05) is 13.8 Å². The number of hydrogen-bond donors (Lipinski definition) is 2. The van der Waals surface area contributed by atoms with Gasteiger partial charge < -0.3 is 15.3 Å².